The van der Waals surface area contributed by atoms with Gasteiger partial charge in [0.2, 0.25) is 0 Å². The Morgan fingerprint density at radius 2 is 2.25 bits per heavy atom. The fourth-order valence-electron chi connectivity index (χ4n) is 1.92. The number of aryl methyl sites for hydroxylation is 1. The smallest absolute Gasteiger partial charge is 0.159 e. The van der Waals surface area contributed by atoms with Gasteiger partial charge in [0.05, 0.1) is 19.3 Å². The number of carbonyl (C=O) groups is 1. The van der Waals surface area contributed by atoms with Crippen LogP contribution in [-0.2, 0) is 13.0 Å². The van der Waals surface area contributed by atoms with E-state index in [1.807, 2.05) is 18.3 Å². The van der Waals surface area contributed by atoms with Crippen LogP contribution >= 0.6 is 15.9 Å². The fourth-order valence-corrected chi connectivity index (χ4v) is 2.33. The molecule has 0 unspecified atom stereocenters. The molecule has 0 aliphatic heterocycles. The Labute approximate surface area is 126 Å². The first-order valence-electron chi connectivity index (χ1n) is 6.27. The number of benzene rings is 1. The summed E-state index contributed by atoms with van der Waals surface area (Å²) in [6, 6.07) is 5.41. The molecule has 20 heavy (non-hydrogen) atoms. The lowest BCUT2D eigenvalue weighted by atomic mass is 10.1. The first kappa shape index (κ1) is 14.7. The molecule has 0 atom stereocenters. The SMILES string of the molecule is COc1ccc(C(C)=O)cc1Cn1cc(CCBr)nn1. The van der Waals surface area contributed by atoms with Crippen molar-refractivity contribution in [3.63, 3.8) is 0 Å². The van der Waals surface area contributed by atoms with Crippen molar-refractivity contribution in [2.24, 2.45) is 0 Å². The lowest BCUT2D eigenvalue weighted by Crippen LogP contribution is -2.04. The maximum absolute atomic E-state index is 11.5. The highest BCUT2D eigenvalue weighted by Gasteiger charge is 2.09. The molecule has 0 radical (unpaired) electrons. The molecular weight excluding hydrogens is 322 g/mol. The van der Waals surface area contributed by atoms with E-state index in [9.17, 15) is 4.79 Å². The molecule has 0 spiro atoms. The number of halogens is 1. The normalized spacial score (nSPS) is 10.6. The second-order valence-corrected chi connectivity index (χ2v) is 5.22. The van der Waals surface area contributed by atoms with Gasteiger partial charge < -0.3 is 4.74 Å². The van der Waals surface area contributed by atoms with Crippen molar-refractivity contribution in [1.82, 2.24) is 15.0 Å². The third-order valence-electron chi connectivity index (χ3n) is 2.96. The lowest BCUT2D eigenvalue weighted by Gasteiger charge is -2.09. The van der Waals surface area contributed by atoms with Gasteiger partial charge in [0.25, 0.3) is 0 Å². The van der Waals surface area contributed by atoms with E-state index in [0.29, 0.717) is 12.1 Å². The minimum atomic E-state index is 0.0347. The number of hydrogen-bond donors (Lipinski definition) is 0. The molecule has 2 rings (SSSR count). The highest BCUT2D eigenvalue weighted by atomic mass is 79.9. The quantitative estimate of drug-likeness (QED) is 0.600. The molecule has 5 nitrogen and oxygen atoms in total. The van der Waals surface area contributed by atoms with Gasteiger partial charge in [-0.25, -0.2) is 4.68 Å². The van der Waals surface area contributed by atoms with Crippen LogP contribution in [0.25, 0.3) is 0 Å². The first-order valence-corrected chi connectivity index (χ1v) is 7.39. The average Bonchev–Trinajstić information content (AvgIpc) is 2.86. The van der Waals surface area contributed by atoms with E-state index in [1.165, 1.54) is 0 Å². The Morgan fingerprint density at radius 1 is 1.45 bits per heavy atom. The molecule has 0 fully saturated rings. The number of ether oxygens (including phenoxy) is 1. The number of Topliss-reactive ketones (excluding diaryl/α,β-unsaturated/α-hetero) is 1. The van der Waals surface area contributed by atoms with E-state index in [0.717, 1.165) is 28.8 Å². The first-order chi connectivity index (χ1) is 9.63. The zero-order valence-corrected chi connectivity index (χ0v) is 13.1. The number of alkyl halides is 1. The third-order valence-corrected chi connectivity index (χ3v) is 3.35. The van der Waals surface area contributed by atoms with Crippen molar-refractivity contribution in [2.75, 3.05) is 12.4 Å². The number of nitrogens with zero attached hydrogens (tertiary/aromatic N) is 3. The molecule has 0 amide bonds. The molecule has 0 N–H and O–H groups in total. The molecule has 1 aromatic carbocycles. The van der Waals surface area contributed by atoms with Crippen LogP contribution in [0.2, 0.25) is 0 Å². The number of carbonyl (C=O) groups excluding carboxylic acids is 1. The van der Waals surface area contributed by atoms with Gasteiger partial charge in [-0.3, -0.25) is 4.79 Å². The molecule has 0 aliphatic rings. The van der Waals surface area contributed by atoms with Crippen LogP contribution in [0.4, 0.5) is 0 Å². The van der Waals surface area contributed by atoms with E-state index in [2.05, 4.69) is 26.2 Å². The summed E-state index contributed by atoms with van der Waals surface area (Å²) in [7, 11) is 1.61. The second-order valence-electron chi connectivity index (χ2n) is 4.43. The summed E-state index contributed by atoms with van der Waals surface area (Å²) >= 11 is 3.38. The van der Waals surface area contributed by atoms with Crippen LogP contribution in [0.3, 0.4) is 0 Å². The molecule has 0 bridgehead atoms. The van der Waals surface area contributed by atoms with Crippen LogP contribution in [0.5, 0.6) is 5.75 Å². The largest absolute Gasteiger partial charge is 0.496 e. The zero-order valence-electron chi connectivity index (χ0n) is 11.5. The summed E-state index contributed by atoms with van der Waals surface area (Å²) in [6.07, 6.45) is 2.74. The van der Waals surface area contributed by atoms with Crippen molar-refractivity contribution in [2.45, 2.75) is 19.9 Å². The van der Waals surface area contributed by atoms with Gasteiger partial charge in [0.1, 0.15) is 5.75 Å². The average molecular weight is 338 g/mol. The van der Waals surface area contributed by atoms with Crippen molar-refractivity contribution < 1.29 is 9.53 Å². The predicted octanol–water partition coefficient (Wildman–Crippen LogP) is 2.48. The molecule has 1 heterocycles. The molecule has 6 heteroatoms. The summed E-state index contributed by atoms with van der Waals surface area (Å²) < 4.78 is 7.08. The zero-order chi connectivity index (χ0) is 14.5. The summed E-state index contributed by atoms with van der Waals surface area (Å²) in [5.74, 6) is 0.778. The third kappa shape index (κ3) is 3.45. The minimum Gasteiger partial charge on any atom is -0.496 e. The molecule has 0 aliphatic carbocycles. The molecule has 0 saturated carbocycles. The van der Waals surface area contributed by atoms with Gasteiger partial charge in [0, 0.05) is 29.1 Å². The van der Waals surface area contributed by atoms with E-state index < -0.39 is 0 Å². The van der Waals surface area contributed by atoms with Crippen LogP contribution in [0.1, 0.15) is 28.5 Å². The molecule has 1 aromatic heterocycles. The van der Waals surface area contributed by atoms with Gasteiger partial charge in [-0.05, 0) is 25.1 Å². The summed E-state index contributed by atoms with van der Waals surface area (Å²) in [5, 5.41) is 9.03. The van der Waals surface area contributed by atoms with Gasteiger partial charge in [-0.2, -0.15) is 0 Å². The topological polar surface area (TPSA) is 57.0 Å². The van der Waals surface area contributed by atoms with Crippen LogP contribution in [-0.4, -0.2) is 33.2 Å². The van der Waals surface area contributed by atoms with Crippen molar-refractivity contribution in [3.8, 4) is 5.75 Å². The Balaban J connectivity index is 2.25. The number of hydrogen-bond acceptors (Lipinski definition) is 4. The minimum absolute atomic E-state index is 0.0347. The molecular formula is C14H16BrN3O2. The van der Waals surface area contributed by atoms with Gasteiger partial charge >= 0.3 is 0 Å². The fraction of sp³-hybridized carbons (Fsp3) is 0.357. The molecule has 106 valence electrons. The van der Waals surface area contributed by atoms with Crippen molar-refractivity contribution in [1.29, 1.82) is 0 Å². The van der Waals surface area contributed by atoms with E-state index in [1.54, 1.807) is 24.8 Å². The predicted molar refractivity (Wildman–Crippen MR) is 79.6 cm³/mol. The lowest BCUT2D eigenvalue weighted by molar-refractivity contribution is 0.101. The maximum atomic E-state index is 11.5. The van der Waals surface area contributed by atoms with Gasteiger partial charge in [0.15, 0.2) is 5.78 Å². The number of ketones is 1. The number of rotatable bonds is 6. The highest BCUT2D eigenvalue weighted by molar-refractivity contribution is 9.09. The van der Waals surface area contributed by atoms with Gasteiger partial charge in [-0.15, -0.1) is 5.10 Å². The van der Waals surface area contributed by atoms with Gasteiger partial charge in [-0.1, -0.05) is 21.1 Å². The van der Waals surface area contributed by atoms with E-state index in [4.69, 9.17) is 4.74 Å². The summed E-state index contributed by atoms with van der Waals surface area (Å²) in [6.45, 7) is 2.08. The molecule has 0 saturated heterocycles. The van der Waals surface area contributed by atoms with Crippen molar-refractivity contribution >= 4 is 21.7 Å². The molecule has 2 aromatic rings. The van der Waals surface area contributed by atoms with Crippen LogP contribution in [0.15, 0.2) is 24.4 Å². The maximum Gasteiger partial charge on any atom is 0.159 e. The number of methoxy groups -OCH3 is 1. The van der Waals surface area contributed by atoms with Crippen molar-refractivity contribution in [3.05, 3.63) is 41.2 Å². The summed E-state index contributed by atoms with van der Waals surface area (Å²) in [5.41, 5.74) is 2.51. The highest BCUT2D eigenvalue weighted by Crippen LogP contribution is 2.21. The van der Waals surface area contributed by atoms with E-state index in [-0.39, 0.29) is 5.78 Å². The van der Waals surface area contributed by atoms with E-state index >= 15 is 0 Å². The monoisotopic (exact) mass is 337 g/mol. The summed E-state index contributed by atoms with van der Waals surface area (Å²) in [4.78, 5) is 11.5. The second kappa shape index (κ2) is 6.65. The number of aromatic nitrogens is 3. The Kier molecular flexibility index (Phi) is 4.89. The Hall–Kier alpha value is -1.69. The Morgan fingerprint density at radius 3 is 2.90 bits per heavy atom. The van der Waals surface area contributed by atoms with Crippen LogP contribution in [0, 0.1) is 0 Å². The Bertz CT molecular complexity index is 610. The van der Waals surface area contributed by atoms with Crippen LogP contribution < -0.4 is 4.74 Å². The standard InChI is InChI=1S/C14H16BrN3O2/c1-10(19)11-3-4-14(20-2)12(7-11)8-18-9-13(5-6-15)16-17-18/h3-4,7,9H,5-6,8H2,1-2H3.